The smallest absolute Gasteiger partial charge is 0.279 e. The third-order valence-electron chi connectivity index (χ3n) is 4.54. The number of benzene rings is 2. The highest BCUT2D eigenvalue weighted by atomic mass is 35.5. The predicted molar refractivity (Wildman–Crippen MR) is 118 cm³/mol. The van der Waals surface area contributed by atoms with Crippen LogP contribution in [0.5, 0.6) is 5.75 Å². The molecule has 1 amide bonds. The largest absolute Gasteiger partial charge is 0.489 e. The summed E-state index contributed by atoms with van der Waals surface area (Å²) >= 11 is 11.8. The van der Waals surface area contributed by atoms with E-state index in [9.17, 15) is 4.79 Å². The molecule has 0 saturated heterocycles. The summed E-state index contributed by atoms with van der Waals surface area (Å²) < 4.78 is 12.7. The van der Waals surface area contributed by atoms with E-state index >= 15 is 0 Å². The Morgan fingerprint density at radius 2 is 1.74 bits per heavy atom. The average Bonchev–Trinajstić information content (AvgIpc) is 3.35. The van der Waals surface area contributed by atoms with Gasteiger partial charge in [0, 0.05) is 22.3 Å². The molecule has 2 aromatic carbocycles. The van der Waals surface area contributed by atoms with Crippen molar-refractivity contribution in [1.29, 1.82) is 0 Å². The van der Waals surface area contributed by atoms with Gasteiger partial charge in [0.25, 0.3) is 5.91 Å². The first-order valence-corrected chi connectivity index (χ1v) is 10.2. The number of carbonyl (C=O) groups excluding carboxylic acids is 1. The second kappa shape index (κ2) is 9.24. The van der Waals surface area contributed by atoms with E-state index < -0.39 is 5.91 Å². The van der Waals surface area contributed by atoms with Gasteiger partial charge in [0.15, 0.2) is 11.5 Å². The fourth-order valence-electron chi connectivity index (χ4n) is 2.89. The van der Waals surface area contributed by atoms with Crippen molar-refractivity contribution in [2.75, 3.05) is 5.32 Å². The number of nitrogens with zero attached hydrogens (tertiary/aromatic N) is 3. The van der Waals surface area contributed by atoms with Crippen LogP contribution in [0.15, 0.2) is 65.3 Å². The number of aromatic nitrogens is 3. The summed E-state index contributed by atoms with van der Waals surface area (Å²) in [5.41, 5.74) is 1.76. The Labute approximate surface area is 188 Å². The topological polar surface area (TPSA) is 82.2 Å². The lowest BCUT2D eigenvalue weighted by Crippen LogP contribution is -2.16. The van der Waals surface area contributed by atoms with Crippen LogP contribution in [0, 0.1) is 6.92 Å². The van der Waals surface area contributed by atoms with Crippen molar-refractivity contribution in [1.82, 2.24) is 14.9 Å². The van der Waals surface area contributed by atoms with E-state index in [0.29, 0.717) is 39.5 Å². The molecule has 0 saturated carbocycles. The van der Waals surface area contributed by atoms with Gasteiger partial charge in [-0.05, 0) is 48.9 Å². The highest BCUT2D eigenvalue weighted by Crippen LogP contribution is 2.21. The standard InChI is InChI=1S/C22H18Cl2N4O3/c1-14-19(13-30-18-8-6-17(24)7-9-18)21(27-31-14)22(29)25-20-10-11-28(26-20)12-15-2-4-16(23)5-3-15/h2-11H,12-13H2,1H3,(H,25,26,29). The maximum atomic E-state index is 12.7. The number of nitrogens with one attached hydrogen (secondary N) is 1. The Kier molecular flexibility index (Phi) is 6.25. The van der Waals surface area contributed by atoms with Gasteiger partial charge in [-0.3, -0.25) is 9.48 Å². The number of aryl methyl sites for hydroxylation is 1. The minimum absolute atomic E-state index is 0.130. The Morgan fingerprint density at radius 3 is 2.45 bits per heavy atom. The molecule has 4 rings (SSSR count). The molecule has 0 aliphatic carbocycles. The highest BCUT2D eigenvalue weighted by Gasteiger charge is 2.21. The van der Waals surface area contributed by atoms with Gasteiger partial charge in [0.1, 0.15) is 18.1 Å². The normalized spacial score (nSPS) is 10.8. The maximum absolute atomic E-state index is 12.7. The van der Waals surface area contributed by atoms with Crippen LogP contribution in [0.3, 0.4) is 0 Å². The first-order chi connectivity index (χ1) is 15.0. The fraction of sp³-hybridized carbons (Fsp3) is 0.136. The molecule has 158 valence electrons. The van der Waals surface area contributed by atoms with Gasteiger partial charge in [-0.25, -0.2) is 0 Å². The van der Waals surface area contributed by atoms with Crippen LogP contribution in [-0.2, 0) is 13.2 Å². The van der Waals surface area contributed by atoms with Crippen molar-refractivity contribution < 1.29 is 14.1 Å². The summed E-state index contributed by atoms with van der Waals surface area (Å²) in [5, 5.41) is 12.3. The molecule has 2 heterocycles. The van der Waals surface area contributed by atoms with Crippen LogP contribution >= 0.6 is 23.2 Å². The van der Waals surface area contributed by atoms with E-state index in [-0.39, 0.29) is 12.3 Å². The van der Waals surface area contributed by atoms with Crippen molar-refractivity contribution in [3.05, 3.63) is 93.4 Å². The van der Waals surface area contributed by atoms with E-state index in [2.05, 4.69) is 15.6 Å². The molecule has 9 heteroatoms. The van der Waals surface area contributed by atoms with Crippen LogP contribution in [0.25, 0.3) is 0 Å². The Morgan fingerprint density at radius 1 is 1.06 bits per heavy atom. The number of hydrogen-bond acceptors (Lipinski definition) is 5. The van der Waals surface area contributed by atoms with Crippen LogP contribution in [0.2, 0.25) is 10.0 Å². The molecule has 0 unspecified atom stereocenters. The Hall–Kier alpha value is -3.29. The summed E-state index contributed by atoms with van der Waals surface area (Å²) in [4.78, 5) is 12.7. The zero-order valence-corrected chi connectivity index (χ0v) is 18.0. The molecule has 0 radical (unpaired) electrons. The third kappa shape index (κ3) is 5.25. The van der Waals surface area contributed by atoms with Gasteiger partial charge < -0.3 is 14.6 Å². The second-order valence-corrected chi connectivity index (χ2v) is 7.66. The van der Waals surface area contributed by atoms with Crippen LogP contribution in [0.4, 0.5) is 5.82 Å². The van der Waals surface area contributed by atoms with E-state index in [1.54, 1.807) is 48.1 Å². The minimum atomic E-state index is -0.428. The van der Waals surface area contributed by atoms with Gasteiger partial charge in [0.2, 0.25) is 0 Å². The van der Waals surface area contributed by atoms with E-state index in [1.807, 2.05) is 24.3 Å². The summed E-state index contributed by atoms with van der Waals surface area (Å²) in [6, 6.07) is 16.2. The monoisotopic (exact) mass is 456 g/mol. The summed E-state index contributed by atoms with van der Waals surface area (Å²) in [7, 11) is 0. The molecule has 2 aromatic heterocycles. The zero-order chi connectivity index (χ0) is 21.8. The number of hydrogen-bond donors (Lipinski definition) is 1. The van der Waals surface area contributed by atoms with Crippen molar-refractivity contribution in [2.45, 2.75) is 20.1 Å². The summed E-state index contributed by atoms with van der Waals surface area (Å²) in [5.74, 6) is 1.11. The fourth-order valence-corrected chi connectivity index (χ4v) is 3.15. The van der Waals surface area contributed by atoms with Gasteiger partial charge in [-0.15, -0.1) is 0 Å². The van der Waals surface area contributed by atoms with E-state index in [1.165, 1.54) is 0 Å². The predicted octanol–water partition coefficient (Wildman–Crippen LogP) is 5.37. The molecule has 0 bridgehead atoms. The number of rotatable bonds is 7. The molecule has 7 nitrogen and oxygen atoms in total. The third-order valence-corrected chi connectivity index (χ3v) is 5.04. The molecule has 31 heavy (non-hydrogen) atoms. The summed E-state index contributed by atoms with van der Waals surface area (Å²) in [6.07, 6.45) is 1.78. The molecule has 0 fully saturated rings. The number of ether oxygens (including phenoxy) is 1. The molecular weight excluding hydrogens is 439 g/mol. The molecular formula is C22H18Cl2N4O3. The lowest BCUT2D eigenvalue weighted by Gasteiger charge is -2.07. The molecule has 0 aliphatic rings. The van der Waals surface area contributed by atoms with Gasteiger partial charge in [-0.2, -0.15) is 5.10 Å². The minimum Gasteiger partial charge on any atom is -0.489 e. The van der Waals surface area contributed by atoms with Gasteiger partial charge >= 0.3 is 0 Å². The molecule has 0 spiro atoms. The van der Waals surface area contributed by atoms with Crippen molar-refractivity contribution in [3.8, 4) is 5.75 Å². The molecule has 1 N–H and O–H groups in total. The SMILES string of the molecule is Cc1onc(C(=O)Nc2ccn(Cc3ccc(Cl)cc3)n2)c1COc1ccc(Cl)cc1. The quantitative estimate of drug-likeness (QED) is 0.404. The van der Waals surface area contributed by atoms with Crippen molar-refractivity contribution >= 4 is 34.9 Å². The maximum Gasteiger partial charge on any atom is 0.279 e. The highest BCUT2D eigenvalue weighted by molar-refractivity contribution is 6.30. The lowest BCUT2D eigenvalue weighted by atomic mass is 10.2. The van der Waals surface area contributed by atoms with Crippen molar-refractivity contribution in [3.63, 3.8) is 0 Å². The van der Waals surface area contributed by atoms with Gasteiger partial charge in [-0.1, -0.05) is 40.5 Å². The number of carbonyl (C=O) groups is 1. The zero-order valence-electron chi connectivity index (χ0n) is 16.5. The van der Waals surface area contributed by atoms with Crippen LogP contribution in [-0.4, -0.2) is 20.8 Å². The van der Waals surface area contributed by atoms with Crippen molar-refractivity contribution in [2.24, 2.45) is 0 Å². The van der Waals surface area contributed by atoms with Gasteiger partial charge in [0.05, 0.1) is 12.1 Å². The first-order valence-electron chi connectivity index (χ1n) is 9.41. The van der Waals surface area contributed by atoms with Crippen LogP contribution < -0.4 is 10.1 Å². The Balaban J connectivity index is 1.41. The second-order valence-electron chi connectivity index (χ2n) is 6.79. The Bertz CT molecular complexity index is 1180. The van der Waals surface area contributed by atoms with Crippen LogP contribution in [0.1, 0.15) is 27.4 Å². The number of amides is 1. The number of anilines is 1. The molecule has 4 aromatic rings. The first kappa shape index (κ1) is 21.0. The van der Waals surface area contributed by atoms with E-state index in [4.69, 9.17) is 32.5 Å². The summed E-state index contributed by atoms with van der Waals surface area (Å²) in [6.45, 7) is 2.41. The number of halogens is 2. The average molecular weight is 457 g/mol. The molecule has 0 atom stereocenters. The molecule has 0 aliphatic heterocycles. The lowest BCUT2D eigenvalue weighted by molar-refractivity contribution is 0.101. The van der Waals surface area contributed by atoms with E-state index in [0.717, 1.165) is 5.56 Å².